The standard InChI is InChI=1S/C13H11BrClNO/c1-9-5-6-11(8-16-9)17-13-10(7-14)3-2-4-12(13)15/h2-6,8H,7H2,1H3. The van der Waals surface area contributed by atoms with Crippen LogP contribution in [-0.2, 0) is 5.33 Å². The lowest BCUT2D eigenvalue weighted by molar-refractivity contribution is 0.476. The minimum atomic E-state index is 0.600. The molecule has 4 heteroatoms. The van der Waals surface area contributed by atoms with Gasteiger partial charge in [0.2, 0.25) is 0 Å². The van der Waals surface area contributed by atoms with Gasteiger partial charge >= 0.3 is 0 Å². The van der Waals surface area contributed by atoms with Crippen LogP contribution in [0.1, 0.15) is 11.3 Å². The van der Waals surface area contributed by atoms with Gasteiger partial charge in [0.25, 0.3) is 0 Å². The first kappa shape index (κ1) is 12.4. The zero-order valence-corrected chi connectivity index (χ0v) is 11.6. The van der Waals surface area contributed by atoms with Gasteiger partial charge in [-0.3, -0.25) is 4.98 Å². The van der Waals surface area contributed by atoms with Crippen molar-refractivity contribution in [2.45, 2.75) is 12.3 Å². The zero-order chi connectivity index (χ0) is 12.3. The molecule has 0 aliphatic carbocycles. The molecule has 0 amide bonds. The Morgan fingerprint density at radius 2 is 2.12 bits per heavy atom. The molecule has 0 atom stereocenters. The number of halogens is 2. The topological polar surface area (TPSA) is 22.1 Å². The number of hydrogen-bond donors (Lipinski definition) is 0. The van der Waals surface area contributed by atoms with Crippen LogP contribution in [0.5, 0.6) is 11.5 Å². The lowest BCUT2D eigenvalue weighted by Gasteiger charge is -2.11. The van der Waals surface area contributed by atoms with Crippen molar-refractivity contribution >= 4 is 27.5 Å². The highest BCUT2D eigenvalue weighted by Crippen LogP contribution is 2.33. The van der Waals surface area contributed by atoms with E-state index in [9.17, 15) is 0 Å². The van der Waals surface area contributed by atoms with Gasteiger partial charge in [-0.1, -0.05) is 39.7 Å². The van der Waals surface area contributed by atoms with Gasteiger partial charge in [0.15, 0.2) is 0 Å². The lowest BCUT2D eigenvalue weighted by atomic mass is 10.2. The van der Waals surface area contributed by atoms with E-state index in [1.165, 1.54) is 0 Å². The Kier molecular flexibility index (Phi) is 4.02. The Bertz CT molecular complexity index is 513. The molecule has 2 nitrogen and oxygen atoms in total. The molecule has 0 N–H and O–H groups in total. The van der Waals surface area contributed by atoms with Crippen LogP contribution in [0.4, 0.5) is 0 Å². The number of ether oxygens (including phenoxy) is 1. The summed E-state index contributed by atoms with van der Waals surface area (Å²) >= 11 is 9.54. The fourth-order valence-electron chi connectivity index (χ4n) is 1.41. The van der Waals surface area contributed by atoms with E-state index in [1.807, 2.05) is 37.3 Å². The first-order valence-electron chi connectivity index (χ1n) is 5.14. The zero-order valence-electron chi connectivity index (χ0n) is 9.28. The third-order valence-electron chi connectivity index (χ3n) is 2.30. The maximum atomic E-state index is 6.12. The van der Waals surface area contributed by atoms with Gasteiger partial charge < -0.3 is 4.74 Å². The maximum absolute atomic E-state index is 6.12. The first-order chi connectivity index (χ1) is 8.20. The highest BCUT2D eigenvalue weighted by Gasteiger charge is 2.08. The number of aryl methyl sites for hydroxylation is 1. The Morgan fingerprint density at radius 3 is 2.76 bits per heavy atom. The third kappa shape index (κ3) is 2.99. The monoisotopic (exact) mass is 311 g/mol. The molecule has 1 aromatic heterocycles. The molecule has 0 spiro atoms. The molecule has 88 valence electrons. The van der Waals surface area contributed by atoms with Crippen LogP contribution in [0.2, 0.25) is 5.02 Å². The summed E-state index contributed by atoms with van der Waals surface area (Å²) < 4.78 is 5.76. The number of rotatable bonds is 3. The SMILES string of the molecule is Cc1ccc(Oc2c(Cl)cccc2CBr)cn1. The molecule has 0 aliphatic heterocycles. The van der Waals surface area contributed by atoms with E-state index in [0.717, 1.165) is 11.3 Å². The van der Waals surface area contributed by atoms with Crippen LogP contribution in [0.3, 0.4) is 0 Å². The molecule has 17 heavy (non-hydrogen) atoms. The molecule has 0 radical (unpaired) electrons. The van der Waals surface area contributed by atoms with E-state index in [4.69, 9.17) is 16.3 Å². The molecular weight excluding hydrogens is 302 g/mol. The second kappa shape index (κ2) is 5.52. The average Bonchev–Trinajstić information content (AvgIpc) is 2.34. The Hall–Kier alpha value is -1.06. The quantitative estimate of drug-likeness (QED) is 0.764. The van der Waals surface area contributed by atoms with Gasteiger partial charge in [0, 0.05) is 16.6 Å². The van der Waals surface area contributed by atoms with Crippen LogP contribution in [-0.4, -0.2) is 4.98 Å². The summed E-state index contributed by atoms with van der Waals surface area (Å²) in [4.78, 5) is 4.18. The molecule has 0 aliphatic rings. The fourth-order valence-corrected chi connectivity index (χ4v) is 2.08. The van der Waals surface area contributed by atoms with Crippen molar-refractivity contribution < 1.29 is 4.74 Å². The Morgan fingerprint density at radius 1 is 1.29 bits per heavy atom. The third-order valence-corrected chi connectivity index (χ3v) is 3.20. The summed E-state index contributed by atoms with van der Waals surface area (Å²) in [5.41, 5.74) is 1.97. The minimum absolute atomic E-state index is 0.600. The van der Waals surface area contributed by atoms with Crippen molar-refractivity contribution in [3.8, 4) is 11.5 Å². The summed E-state index contributed by atoms with van der Waals surface area (Å²) in [6.45, 7) is 1.93. The second-order valence-corrected chi connectivity index (χ2v) is 4.57. The summed E-state index contributed by atoms with van der Waals surface area (Å²) in [6.07, 6.45) is 1.69. The van der Waals surface area contributed by atoms with Crippen molar-refractivity contribution in [2.24, 2.45) is 0 Å². The van der Waals surface area contributed by atoms with Gasteiger partial charge in [-0.25, -0.2) is 0 Å². The van der Waals surface area contributed by atoms with E-state index in [1.54, 1.807) is 6.20 Å². The van der Waals surface area contributed by atoms with Crippen molar-refractivity contribution in [3.05, 3.63) is 52.8 Å². The van der Waals surface area contributed by atoms with Crippen molar-refractivity contribution in [1.29, 1.82) is 0 Å². The number of benzene rings is 1. The largest absolute Gasteiger partial charge is 0.454 e. The first-order valence-corrected chi connectivity index (χ1v) is 6.64. The molecule has 1 heterocycles. The molecule has 0 saturated heterocycles. The number of nitrogens with zero attached hydrogens (tertiary/aromatic N) is 1. The number of pyridine rings is 1. The molecule has 0 bridgehead atoms. The van der Waals surface area contributed by atoms with Gasteiger partial charge in [-0.05, 0) is 25.1 Å². The number of alkyl halides is 1. The Balaban J connectivity index is 2.32. The van der Waals surface area contributed by atoms with Crippen LogP contribution in [0.25, 0.3) is 0 Å². The van der Waals surface area contributed by atoms with Crippen LogP contribution >= 0.6 is 27.5 Å². The molecule has 2 aromatic rings. The predicted molar refractivity (Wildman–Crippen MR) is 73.1 cm³/mol. The van der Waals surface area contributed by atoms with Gasteiger partial charge in [0.05, 0.1) is 11.2 Å². The molecular formula is C13H11BrClNO. The number of hydrogen-bond acceptors (Lipinski definition) is 2. The number of para-hydroxylation sites is 1. The van der Waals surface area contributed by atoms with Crippen LogP contribution in [0, 0.1) is 6.92 Å². The molecule has 0 unspecified atom stereocenters. The molecule has 1 aromatic carbocycles. The summed E-state index contributed by atoms with van der Waals surface area (Å²) in [7, 11) is 0. The highest BCUT2D eigenvalue weighted by molar-refractivity contribution is 9.08. The highest BCUT2D eigenvalue weighted by atomic mass is 79.9. The Labute approximate surface area is 114 Å². The van der Waals surface area contributed by atoms with E-state index < -0.39 is 0 Å². The van der Waals surface area contributed by atoms with Crippen molar-refractivity contribution in [2.75, 3.05) is 0 Å². The normalized spacial score (nSPS) is 10.3. The smallest absolute Gasteiger partial charge is 0.150 e. The predicted octanol–water partition coefficient (Wildman–Crippen LogP) is 4.73. The average molecular weight is 313 g/mol. The minimum Gasteiger partial charge on any atom is -0.454 e. The summed E-state index contributed by atoms with van der Waals surface area (Å²) in [5.74, 6) is 1.36. The maximum Gasteiger partial charge on any atom is 0.150 e. The molecule has 0 saturated carbocycles. The van der Waals surface area contributed by atoms with Crippen LogP contribution < -0.4 is 4.74 Å². The van der Waals surface area contributed by atoms with E-state index in [-0.39, 0.29) is 0 Å². The molecule has 2 rings (SSSR count). The summed E-state index contributed by atoms with van der Waals surface area (Å²) in [5, 5.41) is 1.30. The van der Waals surface area contributed by atoms with E-state index >= 15 is 0 Å². The molecule has 0 fully saturated rings. The van der Waals surface area contributed by atoms with Gasteiger partial charge in [-0.15, -0.1) is 0 Å². The van der Waals surface area contributed by atoms with Gasteiger partial charge in [0.1, 0.15) is 11.5 Å². The summed E-state index contributed by atoms with van der Waals surface area (Å²) in [6, 6.07) is 9.46. The lowest BCUT2D eigenvalue weighted by Crippen LogP contribution is -1.91. The van der Waals surface area contributed by atoms with Gasteiger partial charge in [-0.2, -0.15) is 0 Å². The van der Waals surface area contributed by atoms with E-state index in [2.05, 4.69) is 20.9 Å². The van der Waals surface area contributed by atoms with Crippen molar-refractivity contribution in [1.82, 2.24) is 4.98 Å². The number of aromatic nitrogens is 1. The van der Waals surface area contributed by atoms with E-state index in [0.29, 0.717) is 21.9 Å². The van der Waals surface area contributed by atoms with Crippen molar-refractivity contribution in [3.63, 3.8) is 0 Å². The second-order valence-electron chi connectivity index (χ2n) is 3.60. The van der Waals surface area contributed by atoms with Crippen LogP contribution in [0.15, 0.2) is 36.5 Å². The fraction of sp³-hybridized carbons (Fsp3) is 0.154.